The zero-order chi connectivity index (χ0) is 16.9. The van der Waals surface area contributed by atoms with Gasteiger partial charge in [-0.2, -0.15) is 0 Å². The molecule has 2 aromatic rings. The smallest absolute Gasteiger partial charge is 0.336 e. The van der Waals surface area contributed by atoms with Crippen molar-refractivity contribution in [1.82, 2.24) is 0 Å². The molecule has 0 amide bonds. The zero-order valence-electron chi connectivity index (χ0n) is 13.1. The molecule has 4 heteroatoms. The molecule has 23 heavy (non-hydrogen) atoms. The van der Waals surface area contributed by atoms with Crippen molar-refractivity contribution in [2.24, 2.45) is 0 Å². The number of fused-ring (bicyclic) bond motifs is 2. The number of aromatic carboxylic acids is 1. The second kappa shape index (κ2) is 4.88. The Morgan fingerprint density at radius 2 is 1.35 bits per heavy atom. The standard InChI is InChI=1S/C19H16O4/c1-19(2,3)15-9-13-12(8-14(15)18(22)23)16(20)10-6-4-5-7-11(10)17(13)21/h4-9H,1-3H3,(H,22,23). The SMILES string of the molecule is CC(C)(C)c1cc2c(cc1C(=O)O)C(=O)c1ccccc1C2=O. The van der Waals surface area contributed by atoms with Crippen molar-refractivity contribution < 1.29 is 19.5 Å². The number of hydrogen-bond acceptors (Lipinski definition) is 3. The van der Waals surface area contributed by atoms with E-state index >= 15 is 0 Å². The van der Waals surface area contributed by atoms with Crippen LogP contribution in [0.15, 0.2) is 36.4 Å². The Morgan fingerprint density at radius 1 is 0.870 bits per heavy atom. The summed E-state index contributed by atoms with van der Waals surface area (Å²) in [6.45, 7) is 5.64. The summed E-state index contributed by atoms with van der Waals surface area (Å²) in [5.74, 6) is -1.65. The van der Waals surface area contributed by atoms with E-state index in [2.05, 4.69) is 0 Å². The molecule has 0 unspecified atom stereocenters. The highest BCUT2D eigenvalue weighted by Crippen LogP contribution is 2.34. The van der Waals surface area contributed by atoms with Gasteiger partial charge in [0.15, 0.2) is 11.6 Å². The normalized spacial score (nSPS) is 13.5. The number of benzene rings is 2. The molecule has 0 spiro atoms. The molecule has 1 N–H and O–H groups in total. The first kappa shape index (κ1) is 15.2. The highest BCUT2D eigenvalue weighted by molar-refractivity contribution is 6.28. The van der Waals surface area contributed by atoms with Gasteiger partial charge in [0, 0.05) is 22.3 Å². The van der Waals surface area contributed by atoms with E-state index in [1.54, 1.807) is 30.3 Å². The van der Waals surface area contributed by atoms with E-state index in [-0.39, 0.29) is 28.3 Å². The van der Waals surface area contributed by atoms with Crippen LogP contribution in [0.25, 0.3) is 0 Å². The number of rotatable bonds is 1. The van der Waals surface area contributed by atoms with Gasteiger partial charge in [0.05, 0.1) is 5.56 Å². The Labute approximate surface area is 133 Å². The number of hydrogen-bond donors (Lipinski definition) is 1. The van der Waals surface area contributed by atoms with Crippen molar-refractivity contribution in [2.45, 2.75) is 26.2 Å². The number of carbonyl (C=O) groups is 3. The van der Waals surface area contributed by atoms with Crippen LogP contribution in [0, 0.1) is 0 Å². The average molecular weight is 308 g/mol. The molecule has 0 saturated carbocycles. The van der Waals surface area contributed by atoms with Gasteiger partial charge in [-0.3, -0.25) is 9.59 Å². The summed E-state index contributed by atoms with van der Waals surface area (Å²) in [6, 6.07) is 9.53. The molecule has 116 valence electrons. The van der Waals surface area contributed by atoms with Crippen molar-refractivity contribution in [3.05, 3.63) is 69.8 Å². The summed E-state index contributed by atoms with van der Waals surface area (Å²) in [5, 5.41) is 9.48. The van der Waals surface area contributed by atoms with Crippen LogP contribution in [0.2, 0.25) is 0 Å². The van der Waals surface area contributed by atoms with Gasteiger partial charge in [-0.15, -0.1) is 0 Å². The van der Waals surface area contributed by atoms with Gasteiger partial charge < -0.3 is 5.11 Å². The molecular weight excluding hydrogens is 292 g/mol. The van der Waals surface area contributed by atoms with E-state index in [4.69, 9.17) is 0 Å². The second-order valence-corrected chi connectivity index (χ2v) is 6.70. The second-order valence-electron chi connectivity index (χ2n) is 6.70. The van der Waals surface area contributed by atoms with Crippen LogP contribution >= 0.6 is 0 Å². The number of carbonyl (C=O) groups excluding carboxylic acids is 2. The first-order valence-electron chi connectivity index (χ1n) is 7.32. The van der Waals surface area contributed by atoms with Gasteiger partial charge in [0.25, 0.3) is 0 Å². The Bertz CT molecular complexity index is 869. The van der Waals surface area contributed by atoms with Gasteiger partial charge in [0.2, 0.25) is 0 Å². The average Bonchev–Trinajstić information content (AvgIpc) is 2.50. The minimum atomic E-state index is -1.10. The van der Waals surface area contributed by atoms with E-state index < -0.39 is 11.4 Å². The van der Waals surface area contributed by atoms with E-state index in [0.29, 0.717) is 16.7 Å². The van der Waals surface area contributed by atoms with Crippen LogP contribution in [0.3, 0.4) is 0 Å². The molecule has 0 aliphatic heterocycles. The maximum absolute atomic E-state index is 12.7. The molecule has 0 heterocycles. The molecule has 2 aromatic carbocycles. The molecular formula is C19H16O4. The molecule has 0 fully saturated rings. The Hall–Kier alpha value is -2.75. The number of carboxylic acid groups (broad SMARTS) is 1. The molecule has 0 atom stereocenters. The fourth-order valence-electron chi connectivity index (χ4n) is 2.94. The Balaban J connectivity index is 2.34. The summed E-state index contributed by atoms with van der Waals surface area (Å²) in [6.07, 6.45) is 0. The lowest BCUT2D eigenvalue weighted by atomic mass is 9.77. The third-order valence-corrected chi connectivity index (χ3v) is 4.10. The van der Waals surface area contributed by atoms with E-state index in [9.17, 15) is 19.5 Å². The summed E-state index contributed by atoms with van der Waals surface area (Å²) >= 11 is 0. The predicted molar refractivity (Wildman–Crippen MR) is 85.4 cm³/mol. The van der Waals surface area contributed by atoms with E-state index in [1.807, 2.05) is 20.8 Å². The van der Waals surface area contributed by atoms with Crippen molar-refractivity contribution in [1.29, 1.82) is 0 Å². The van der Waals surface area contributed by atoms with Gasteiger partial charge >= 0.3 is 5.97 Å². The minimum absolute atomic E-state index is 0.0665. The fourth-order valence-corrected chi connectivity index (χ4v) is 2.94. The lowest BCUT2D eigenvalue weighted by Gasteiger charge is -2.25. The molecule has 0 aromatic heterocycles. The fraction of sp³-hybridized carbons (Fsp3) is 0.211. The van der Waals surface area contributed by atoms with Gasteiger partial charge in [-0.1, -0.05) is 45.0 Å². The number of carboxylic acids is 1. The summed E-state index contributed by atoms with van der Waals surface area (Å²) < 4.78 is 0. The summed E-state index contributed by atoms with van der Waals surface area (Å²) in [7, 11) is 0. The third-order valence-electron chi connectivity index (χ3n) is 4.10. The van der Waals surface area contributed by atoms with Crippen molar-refractivity contribution in [3.63, 3.8) is 0 Å². The monoisotopic (exact) mass is 308 g/mol. The maximum Gasteiger partial charge on any atom is 0.336 e. The Kier molecular flexibility index (Phi) is 3.22. The first-order valence-corrected chi connectivity index (χ1v) is 7.32. The molecule has 0 saturated heterocycles. The molecule has 0 bridgehead atoms. The van der Waals surface area contributed by atoms with E-state index in [0.717, 1.165) is 0 Å². The van der Waals surface area contributed by atoms with E-state index in [1.165, 1.54) is 6.07 Å². The van der Waals surface area contributed by atoms with Crippen LogP contribution in [0.5, 0.6) is 0 Å². The minimum Gasteiger partial charge on any atom is -0.478 e. The zero-order valence-corrected chi connectivity index (χ0v) is 13.1. The van der Waals surface area contributed by atoms with Crippen molar-refractivity contribution in [3.8, 4) is 0 Å². The van der Waals surface area contributed by atoms with Crippen LogP contribution in [-0.2, 0) is 5.41 Å². The lowest BCUT2D eigenvalue weighted by Crippen LogP contribution is -2.25. The first-order chi connectivity index (χ1) is 10.7. The summed E-state index contributed by atoms with van der Waals surface area (Å²) in [5.41, 5.74) is 1.30. The quantitative estimate of drug-likeness (QED) is 0.747. The number of ketones is 2. The largest absolute Gasteiger partial charge is 0.478 e. The van der Waals surface area contributed by atoms with Crippen LogP contribution < -0.4 is 0 Å². The maximum atomic E-state index is 12.7. The molecule has 4 nitrogen and oxygen atoms in total. The molecule has 1 aliphatic carbocycles. The topological polar surface area (TPSA) is 71.4 Å². The molecule has 1 aliphatic rings. The van der Waals surface area contributed by atoms with Gasteiger partial charge in [0.1, 0.15) is 0 Å². The van der Waals surface area contributed by atoms with Gasteiger partial charge in [-0.05, 0) is 23.1 Å². The molecule has 0 radical (unpaired) electrons. The predicted octanol–water partition coefficient (Wildman–Crippen LogP) is 3.46. The van der Waals surface area contributed by atoms with Gasteiger partial charge in [-0.25, -0.2) is 4.79 Å². The summed E-state index contributed by atoms with van der Waals surface area (Å²) in [4.78, 5) is 37.0. The third kappa shape index (κ3) is 2.27. The lowest BCUT2D eigenvalue weighted by molar-refractivity contribution is 0.0693. The molecule has 3 rings (SSSR count). The van der Waals surface area contributed by atoms with Crippen molar-refractivity contribution in [2.75, 3.05) is 0 Å². The highest BCUT2D eigenvalue weighted by atomic mass is 16.4. The van der Waals surface area contributed by atoms with Crippen LogP contribution in [-0.4, -0.2) is 22.6 Å². The van der Waals surface area contributed by atoms with Crippen molar-refractivity contribution >= 4 is 17.5 Å². The highest BCUT2D eigenvalue weighted by Gasteiger charge is 2.33. The van der Waals surface area contributed by atoms with Crippen LogP contribution in [0.1, 0.15) is 68.5 Å². The Morgan fingerprint density at radius 3 is 1.78 bits per heavy atom. The van der Waals surface area contributed by atoms with Crippen LogP contribution in [0.4, 0.5) is 0 Å².